The molecule has 0 radical (unpaired) electrons. The molecule has 0 spiro atoms. The molecule has 1 heterocycles. The predicted molar refractivity (Wildman–Crippen MR) is 110 cm³/mol. The average Bonchev–Trinajstić information content (AvgIpc) is 2.70. The van der Waals surface area contributed by atoms with E-state index in [2.05, 4.69) is 12.1 Å². The zero-order valence-electron chi connectivity index (χ0n) is 16.3. The van der Waals surface area contributed by atoms with Crippen molar-refractivity contribution in [2.75, 3.05) is 30.8 Å². The van der Waals surface area contributed by atoms with Gasteiger partial charge in [0.15, 0.2) is 0 Å². The second-order valence-electron chi connectivity index (χ2n) is 6.97. The summed E-state index contributed by atoms with van der Waals surface area (Å²) in [5.74, 6) is 0.732. The van der Waals surface area contributed by atoms with Crippen molar-refractivity contribution in [3.63, 3.8) is 0 Å². The second kappa shape index (κ2) is 8.65. The molecule has 2 aromatic carbocycles. The van der Waals surface area contributed by atoms with Crippen molar-refractivity contribution in [1.82, 2.24) is 4.90 Å². The molecule has 0 aliphatic carbocycles. The minimum Gasteiger partial charge on any atom is -0.497 e. The van der Waals surface area contributed by atoms with Gasteiger partial charge < -0.3 is 9.64 Å². The fourth-order valence-corrected chi connectivity index (χ4v) is 4.44. The summed E-state index contributed by atoms with van der Waals surface area (Å²) in [7, 11) is -1.87. The van der Waals surface area contributed by atoms with Gasteiger partial charge in [0.25, 0.3) is 0 Å². The van der Waals surface area contributed by atoms with Gasteiger partial charge in [-0.15, -0.1) is 0 Å². The lowest BCUT2D eigenvalue weighted by Crippen LogP contribution is -2.37. The van der Waals surface area contributed by atoms with Gasteiger partial charge >= 0.3 is 0 Å². The van der Waals surface area contributed by atoms with E-state index in [0.29, 0.717) is 37.4 Å². The fourth-order valence-electron chi connectivity index (χ4n) is 3.48. The largest absolute Gasteiger partial charge is 0.497 e. The van der Waals surface area contributed by atoms with E-state index >= 15 is 0 Å². The minimum absolute atomic E-state index is 0.0673. The predicted octanol–water partition coefficient (Wildman–Crippen LogP) is 2.83. The van der Waals surface area contributed by atoms with Gasteiger partial charge in [0.05, 0.1) is 19.1 Å². The summed E-state index contributed by atoms with van der Waals surface area (Å²) in [6.07, 6.45) is 2.84. The van der Waals surface area contributed by atoms with Crippen LogP contribution in [0.4, 0.5) is 5.69 Å². The number of carbonyl (C=O) groups excluding carboxylic acids is 1. The number of sulfonamides is 1. The van der Waals surface area contributed by atoms with Crippen LogP contribution in [0.2, 0.25) is 0 Å². The molecular weight excluding hydrogens is 376 g/mol. The first kappa shape index (κ1) is 20.2. The summed E-state index contributed by atoms with van der Waals surface area (Å²) in [5.41, 5.74) is 3.06. The van der Waals surface area contributed by atoms with Crippen molar-refractivity contribution in [3.8, 4) is 5.75 Å². The number of hydrogen-bond donors (Lipinski definition) is 0. The van der Waals surface area contributed by atoms with Gasteiger partial charge in [0.1, 0.15) is 5.75 Å². The van der Waals surface area contributed by atoms with Crippen LogP contribution >= 0.6 is 0 Å². The highest BCUT2D eigenvalue weighted by Crippen LogP contribution is 2.23. The Morgan fingerprint density at radius 2 is 1.79 bits per heavy atom. The van der Waals surface area contributed by atoms with Gasteiger partial charge in [0, 0.05) is 26.1 Å². The maximum absolute atomic E-state index is 12.6. The quantitative estimate of drug-likeness (QED) is 0.714. The zero-order valence-corrected chi connectivity index (χ0v) is 17.1. The number of ether oxygens (including phenoxy) is 1. The van der Waals surface area contributed by atoms with Crippen molar-refractivity contribution < 1.29 is 17.9 Å². The highest BCUT2D eigenvalue weighted by atomic mass is 32.2. The maximum Gasteiger partial charge on any atom is 0.232 e. The van der Waals surface area contributed by atoms with E-state index in [1.54, 1.807) is 31.4 Å². The Bertz CT molecular complexity index is 926. The third kappa shape index (κ3) is 4.84. The number of anilines is 1. The number of nitrogens with zero attached hydrogens (tertiary/aromatic N) is 2. The molecule has 0 atom stereocenters. The maximum atomic E-state index is 12.6. The van der Waals surface area contributed by atoms with Crippen LogP contribution in [-0.2, 0) is 27.8 Å². The number of fused-ring (bicyclic) bond motifs is 1. The Hall–Kier alpha value is -2.54. The van der Waals surface area contributed by atoms with Crippen LogP contribution in [-0.4, -0.2) is 45.7 Å². The van der Waals surface area contributed by atoms with Crippen molar-refractivity contribution in [2.24, 2.45) is 0 Å². The number of carbonyl (C=O) groups is 1. The molecule has 7 heteroatoms. The summed E-state index contributed by atoms with van der Waals surface area (Å²) < 4.78 is 30.9. The number of amides is 1. The van der Waals surface area contributed by atoms with E-state index in [0.717, 1.165) is 6.42 Å². The summed E-state index contributed by atoms with van der Waals surface area (Å²) in [6.45, 7) is 1.61. The van der Waals surface area contributed by atoms with E-state index in [4.69, 9.17) is 4.74 Å². The Labute approximate surface area is 166 Å². The van der Waals surface area contributed by atoms with Crippen molar-refractivity contribution >= 4 is 21.6 Å². The fraction of sp³-hybridized carbons (Fsp3) is 0.381. The highest BCUT2D eigenvalue weighted by molar-refractivity contribution is 7.92. The minimum atomic E-state index is -3.43. The third-order valence-electron chi connectivity index (χ3n) is 5.00. The third-order valence-corrected chi connectivity index (χ3v) is 6.19. The number of rotatable bonds is 7. The lowest BCUT2D eigenvalue weighted by molar-refractivity contribution is -0.132. The molecule has 150 valence electrons. The zero-order chi connectivity index (χ0) is 20.1. The molecule has 3 rings (SSSR count). The van der Waals surface area contributed by atoms with Gasteiger partial charge in [0.2, 0.25) is 15.9 Å². The Morgan fingerprint density at radius 1 is 1.11 bits per heavy atom. The summed E-state index contributed by atoms with van der Waals surface area (Å²) in [6, 6.07) is 15.1. The van der Waals surface area contributed by atoms with Crippen molar-refractivity contribution in [1.29, 1.82) is 0 Å². The normalized spacial score (nSPS) is 13.7. The van der Waals surface area contributed by atoms with Gasteiger partial charge in [-0.1, -0.05) is 24.3 Å². The SMILES string of the molecule is COc1ccc(N(CCCC(=O)N2CCc3ccccc3C2)S(C)(=O)=O)cc1. The molecule has 28 heavy (non-hydrogen) atoms. The van der Waals surface area contributed by atoms with Gasteiger partial charge in [-0.2, -0.15) is 0 Å². The van der Waals surface area contributed by atoms with Crippen LogP contribution in [0.15, 0.2) is 48.5 Å². The molecule has 6 nitrogen and oxygen atoms in total. The molecule has 0 unspecified atom stereocenters. The van der Waals surface area contributed by atoms with E-state index < -0.39 is 10.0 Å². The average molecular weight is 403 g/mol. The van der Waals surface area contributed by atoms with Crippen LogP contribution < -0.4 is 9.04 Å². The second-order valence-corrected chi connectivity index (χ2v) is 8.88. The van der Waals surface area contributed by atoms with Crippen LogP contribution in [0, 0.1) is 0 Å². The molecule has 0 saturated heterocycles. The first-order valence-corrected chi connectivity index (χ1v) is 11.2. The Balaban J connectivity index is 1.59. The van der Waals surface area contributed by atoms with E-state index in [-0.39, 0.29) is 12.5 Å². The molecule has 0 saturated carbocycles. The molecule has 1 amide bonds. The molecule has 0 aromatic heterocycles. The first-order valence-electron chi connectivity index (χ1n) is 9.35. The smallest absolute Gasteiger partial charge is 0.232 e. The first-order chi connectivity index (χ1) is 13.4. The molecule has 1 aliphatic rings. The van der Waals surface area contributed by atoms with Gasteiger partial charge in [-0.05, 0) is 48.2 Å². The van der Waals surface area contributed by atoms with E-state index in [1.807, 2.05) is 17.0 Å². The van der Waals surface area contributed by atoms with E-state index in [1.165, 1.54) is 21.7 Å². The van der Waals surface area contributed by atoms with Crippen molar-refractivity contribution in [3.05, 3.63) is 59.7 Å². The van der Waals surface area contributed by atoms with E-state index in [9.17, 15) is 13.2 Å². The molecule has 0 fully saturated rings. The van der Waals surface area contributed by atoms with Crippen LogP contribution in [0.3, 0.4) is 0 Å². The summed E-state index contributed by atoms with van der Waals surface area (Å²) >= 11 is 0. The summed E-state index contributed by atoms with van der Waals surface area (Å²) in [5, 5.41) is 0. The van der Waals surface area contributed by atoms with Crippen LogP contribution in [0.25, 0.3) is 0 Å². The van der Waals surface area contributed by atoms with Gasteiger partial charge in [-0.25, -0.2) is 8.42 Å². The molecule has 0 bridgehead atoms. The topological polar surface area (TPSA) is 66.9 Å². The molecule has 0 N–H and O–H groups in total. The highest BCUT2D eigenvalue weighted by Gasteiger charge is 2.22. The standard InChI is InChI=1S/C21H26N2O4S/c1-27-20-11-9-19(10-12-20)23(28(2,25)26)14-5-8-21(24)22-15-13-17-6-3-4-7-18(17)16-22/h3-4,6-7,9-12H,5,8,13-16H2,1-2H3. The van der Waals surface area contributed by atoms with Crippen molar-refractivity contribution in [2.45, 2.75) is 25.8 Å². The van der Waals surface area contributed by atoms with Crippen LogP contribution in [0.1, 0.15) is 24.0 Å². The Kier molecular flexibility index (Phi) is 6.24. The van der Waals surface area contributed by atoms with Crippen LogP contribution in [0.5, 0.6) is 5.75 Å². The van der Waals surface area contributed by atoms with Gasteiger partial charge in [-0.3, -0.25) is 9.10 Å². The molecular formula is C21H26N2O4S. The summed E-state index contributed by atoms with van der Waals surface area (Å²) in [4.78, 5) is 14.5. The number of benzene rings is 2. The molecule has 1 aliphatic heterocycles. The monoisotopic (exact) mass is 402 g/mol. The number of hydrogen-bond acceptors (Lipinski definition) is 4. The lowest BCUT2D eigenvalue weighted by Gasteiger charge is -2.29. The lowest BCUT2D eigenvalue weighted by atomic mass is 9.99. The Morgan fingerprint density at radius 3 is 2.43 bits per heavy atom. The number of methoxy groups -OCH3 is 1. The molecule has 2 aromatic rings.